The molecule has 6 heteroatoms. The van der Waals surface area contributed by atoms with Crippen LogP contribution >= 0.6 is 0 Å². The highest BCUT2D eigenvalue weighted by atomic mass is 19.4. The number of rotatable bonds is 2. The van der Waals surface area contributed by atoms with Crippen LogP contribution in [0.25, 0.3) is 22.0 Å². The van der Waals surface area contributed by atoms with Crippen molar-refractivity contribution in [2.24, 2.45) is 0 Å². The standard InChI is InChI=1S/C16H12F3N3/c1-20-15-12-3-2-8-21-14(12)13(9-22-15)10-4-6-11(7-5-10)16(17,18)19/h2-9H,1H3,(H,20,22). The molecule has 0 atom stereocenters. The molecule has 3 nitrogen and oxygen atoms in total. The monoisotopic (exact) mass is 303 g/mol. The number of anilines is 1. The first kappa shape index (κ1) is 14.3. The van der Waals surface area contributed by atoms with Crippen LogP contribution in [0.2, 0.25) is 0 Å². The van der Waals surface area contributed by atoms with E-state index in [0.717, 1.165) is 17.5 Å². The third-order valence-electron chi connectivity index (χ3n) is 3.40. The molecule has 2 heterocycles. The largest absolute Gasteiger partial charge is 0.416 e. The second kappa shape index (κ2) is 5.29. The van der Waals surface area contributed by atoms with Crippen molar-refractivity contribution < 1.29 is 13.2 Å². The molecule has 1 aromatic carbocycles. The number of halogens is 3. The molecule has 0 aliphatic rings. The fourth-order valence-electron chi connectivity index (χ4n) is 2.32. The molecule has 1 N–H and O–H groups in total. The Bertz CT molecular complexity index is 811. The van der Waals surface area contributed by atoms with Crippen LogP contribution in [0.3, 0.4) is 0 Å². The molecule has 22 heavy (non-hydrogen) atoms. The molecule has 112 valence electrons. The van der Waals surface area contributed by atoms with Gasteiger partial charge in [0.15, 0.2) is 0 Å². The van der Waals surface area contributed by atoms with Crippen LogP contribution in [-0.4, -0.2) is 17.0 Å². The molecule has 0 radical (unpaired) electrons. The Balaban J connectivity index is 2.15. The van der Waals surface area contributed by atoms with Crippen LogP contribution in [0.4, 0.5) is 19.0 Å². The number of hydrogen-bond donors (Lipinski definition) is 1. The van der Waals surface area contributed by atoms with Crippen LogP contribution in [-0.2, 0) is 6.18 Å². The minimum Gasteiger partial charge on any atom is -0.373 e. The Morgan fingerprint density at radius 3 is 2.36 bits per heavy atom. The van der Waals surface area contributed by atoms with E-state index in [1.165, 1.54) is 12.1 Å². The molecule has 0 unspecified atom stereocenters. The molecule has 0 aliphatic heterocycles. The zero-order chi connectivity index (χ0) is 15.7. The lowest BCUT2D eigenvalue weighted by Crippen LogP contribution is -2.04. The summed E-state index contributed by atoms with van der Waals surface area (Å²) in [5.74, 6) is 0.679. The zero-order valence-corrected chi connectivity index (χ0v) is 11.6. The van der Waals surface area contributed by atoms with E-state index in [0.29, 0.717) is 22.5 Å². The van der Waals surface area contributed by atoms with Crippen LogP contribution in [0.5, 0.6) is 0 Å². The quantitative estimate of drug-likeness (QED) is 0.764. The normalized spacial score (nSPS) is 11.6. The van der Waals surface area contributed by atoms with Gasteiger partial charge in [0.2, 0.25) is 0 Å². The van der Waals surface area contributed by atoms with Crippen LogP contribution in [0.1, 0.15) is 5.56 Å². The van der Waals surface area contributed by atoms with Crippen molar-refractivity contribution >= 4 is 16.7 Å². The van der Waals surface area contributed by atoms with Crippen molar-refractivity contribution in [3.8, 4) is 11.1 Å². The minimum atomic E-state index is -4.34. The van der Waals surface area contributed by atoms with Gasteiger partial charge in [0.25, 0.3) is 0 Å². The van der Waals surface area contributed by atoms with Gasteiger partial charge in [-0.2, -0.15) is 13.2 Å². The van der Waals surface area contributed by atoms with E-state index in [2.05, 4.69) is 15.3 Å². The van der Waals surface area contributed by atoms with E-state index in [1.807, 2.05) is 6.07 Å². The van der Waals surface area contributed by atoms with Crippen molar-refractivity contribution in [3.63, 3.8) is 0 Å². The van der Waals surface area contributed by atoms with Crippen molar-refractivity contribution in [1.29, 1.82) is 0 Å². The maximum Gasteiger partial charge on any atom is 0.416 e. The van der Waals surface area contributed by atoms with Gasteiger partial charge in [0.1, 0.15) is 5.82 Å². The molecule has 0 saturated carbocycles. The Morgan fingerprint density at radius 1 is 1.00 bits per heavy atom. The molecule has 0 amide bonds. The molecule has 3 aromatic rings. The molecule has 0 spiro atoms. The van der Waals surface area contributed by atoms with Crippen LogP contribution in [0.15, 0.2) is 48.8 Å². The lowest BCUT2D eigenvalue weighted by Gasteiger charge is -2.11. The van der Waals surface area contributed by atoms with E-state index >= 15 is 0 Å². The lowest BCUT2D eigenvalue weighted by molar-refractivity contribution is -0.137. The van der Waals surface area contributed by atoms with Crippen molar-refractivity contribution in [2.45, 2.75) is 6.18 Å². The molecule has 0 bridgehead atoms. The summed E-state index contributed by atoms with van der Waals surface area (Å²) in [5, 5.41) is 3.80. The van der Waals surface area contributed by atoms with Gasteiger partial charge in [0, 0.05) is 30.4 Å². The highest BCUT2D eigenvalue weighted by Crippen LogP contribution is 2.33. The number of aromatic nitrogens is 2. The van der Waals surface area contributed by atoms with Gasteiger partial charge in [-0.1, -0.05) is 12.1 Å². The van der Waals surface area contributed by atoms with Gasteiger partial charge in [-0.25, -0.2) is 4.98 Å². The fraction of sp³-hybridized carbons (Fsp3) is 0.125. The number of benzene rings is 1. The highest BCUT2D eigenvalue weighted by molar-refractivity contribution is 5.98. The van der Waals surface area contributed by atoms with Gasteiger partial charge >= 0.3 is 6.18 Å². The highest BCUT2D eigenvalue weighted by Gasteiger charge is 2.30. The van der Waals surface area contributed by atoms with Gasteiger partial charge in [-0.15, -0.1) is 0 Å². The summed E-state index contributed by atoms with van der Waals surface area (Å²) in [6, 6.07) is 8.67. The van der Waals surface area contributed by atoms with Crippen molar-refractivity contribution in [2.75, 3.05) is 12.4 Å². The molecule has 0 fully saturated rings. The lowest BCUT2D eigenvalue weighted by atomic mass is 10.0. The van der Waals surface area contributed by atoms with Gasteiger partial charge in [-0.3, -0.25) is 4.98 Å². The SMILES string of the molecule is CNc1ncc(-c2ccc(C(F)(F)F)cc2)c2ncccc12. The first-order chi connectivity index (χ1) is 10.5. The Labute approximate surface area is 124 Å². The minimum absolute atomic E-state index is 0.645. The van der Waals surface area contributed by atoms with E-state index in [-0.39, 0.29) is 0 Å². The zero-order valence-electron chi connectivity index (χ0n) is 11.6. The molecular formula is C16H12F3N3. The maximum atomic E-state index is 12.6. The summed E-state index contributed by atoms with van der Waals surface area (Å²) in [6.07, 6.45) is -1.08. The number of fused-ring (bicyclic) bond motifs is 1. The Hall–Kier alpha value is -2.63. The first-order valence-corrected chi connectivity index (χ1v) is 6.60. The molecular weight excluding hydrogens is 291 g/mol. The number of nitrogens with one attached hydrogen (secondary N) is 1. The number of pyridine rings is 2. The third-order valence-corrected chi connectivity index (χ3v) is 3.40. The summed E-state index contributed by atoms with van der Waals surface area (Å²) in [5.41, 5.74) is 1.37. The molecule has 2 aromatic heterocycles. The summed E-state index contributed by atoms with van der Waals surface area (Å²) >= 11 is 0. The summed E-state index contributed by atoms with van der Waals surface area (Å²) < 4.78 is 37.9. The number of alkyl halides is 3. The second-order valence-electron chi connectivity index (χ2n) is 4.75. The average molecular weight is 303 g/mol. The van der Waals surface area contributed by atoms with Crippen LogP contribution < -0.4 is 5.32 Å². The van der Waals surface area contributed by atoms with Crippen molar-refractivity contribution in [1.82, 2.24) is 9.97 Å². The van der Waals surface area contributed by atoms with E-state index in [1.54, 1.807) is 25.5 Å². The number of hydrogen-bond acceptors (Lipinski definition) is 3. The Morgan fingerprint density at radius 2 is 1.73 bits per heavy atom. The fourth-order valence-corrected chi connectivity index (χ4v) is 2.32. The maximum absolute atomic E-state index is 12.6. The summed E-state index contributed by atoms with van der Waals surface area (Å²) in [7, 11) is 1.76. The molecule has 3 rings (SSSR count). The summed E-state index contributed by atoms with van der Waals surface area (Å²) in [6.45, 7) is 0. The van der Waals surface area contributed by atoms with Crippen LogP contribution in [0, 0.1) is 0 Å². The smallest absolute Gasteiger partial charge is 0.373 e. The topological polar surface area (TPSA) is 37.8 Å². The van der Waals surface area contributed by atoms with E-state index in [4.69, 9.17) is 0 Å². The third kappa shape index (κ3) is 2.47. The van der Waals surface area contributed by atoms with E-state index in [9.17, 15) is 13.2 Å². The second-order valence-corrected chi connectivity index (χ2v) is 4.75. The number of nitrogens with zero attached hydrogens (tertiary/aromatic N) is 2. The summed E-state index contributed by atoms with van der Waals surface area (Å²) in [4.78, 5) is 8.63. The van der Waals surface area contributed by atoms with Gasteiger partial charge in [-0.05, 0) is 29.8 Å². The molecule has 0 aliphatic carbocycles. The predicted octanol–water partition coefficient (Wildman–Crippen LogP) is 4.36. The van der Waals surface area contributed by atoms with Crippen molar-refractivity contribution in [3.05, 3.63) is 54.4 Å². The molecule has 0 saturated heterocycles. The first-order valence-electron chi connectivity index (χ1n) is 6.60. The van der Waals surface area contributed by atoms with E-state index < -0.39 is 11.7 Å². The van der Waals surface area contributed by atoms with Gasteiger partial charge in [0.05, 0.1) is 11.1 Å². The Kier molecular flexibility index (Phi) is 3.44. The predicted molar refractivity (Wildman–Crippen MR) is 79.5 cm³/mol. The average Bonchev–Trinajstić information content (AvgIpc) is 2.53. The van der Waals surface area contributed by atoms with Gasteiger partial charge < -0.3 is 5.32 Å².